The summed E-state index contributed by atoms with van der Waals surface area (Å²) in [5, 5.41) is 86.4. The van der Waals surface area contributed by atoms with Gasteiger partial charge in [0.2, 0.25) is 5.91 Å². The topological polar surface area (TPSA) is 228 Å². The van der Waals surface area contributed by atoms with Crippen LogP contribution in [-0.2, 0) is 23.7 Å². The number of amides is 1. The van der Waals surface area contributed by atoms with Gasteiger partial charge < -0.3 is 65.1 Å². The van der Waals surface area contributed by atoms with Crippen molar-refractivity contribution in [3.63, 3.8) is 0 Å². The summed E-state index contributed by atoms with van der Waals surface area (Å²) < 4.78 is 22.6. The maximum atomic E-state index is 13.1. The summed E-state index contributed by atoms with van der Waals surface area (Å²) in [5.41, 5.74) is 0. The molecular formula is C59H113NO13. The summed E-state index contributed by atoms with van der Waals surface area (Å²) in [6.45, 7) is 2.74. The van der Waals surface area contributed by atoms with Crippen molar-refractivity contribution in [2.75, 3.05) is 19.8 Å². The molecule has 9 N–H and O–H groups in total. The van der Waals surface area contributed by atoms with Gasteiger partial charge in [0.1, 0.15) is 48.8 Å². The van der Waals surface area contributed by atoms with E-state index in [2.05, 4.69) is 31.3 Å². The molecule has 2 rings (SSSR count). The first-order valence-electron chi connectivity index (χ1n) is 30.4. The molecule has 0 aromatic carbocycles. The number of nitrogens with one attached hydrogen (secondary N) is 1. The molecule has 2 fully saturated rings. The summed E-state index contributed by atoms with van der Waals surface area (Å²) in [6, 6.07) is -0.820. The van der Waals surface area contributed by atoms with Gasteiger partial charge in [-0.1, -0.05) is 231 Å². The van der Waals surface area contributed by atoms with E-state index in [0.29, 0.717) is 12.8 Å². The Labute approximate surface area is 444 Å². The maximum absolute atomic E-state index is 13.1. The highest BCUT2D eigenvalue weighted by atomic mass is 16.7. The molecule has 12 unspecified atom stereocenters. The molecule has 1 amide bonds. The van der Waals surface area contributed by atoms with Crippen LogP contribution in [0.5, 0.6) is 0 Å². The third-order valence-corrected chi connectivity index (χ3v) is 15.2. The van der Waals surface area contributed by atoms with Crippen molar-refractivity contribution < 1.29 is 64.6 Å². The number of allylic oxidation sites excluding steroid dienone is 2. The first kappa shape index (κ1) is 67.8. The molecule has 14 heteroatoms. The van der Waals surface area contributed by atoms with E-state index in [0.717, 1.165) is 51.4 Å². The standard InChI is InChI=1S/C59H113NO13/c1-3-5-7-9-10-11-12-13-14-15-16-17-18-19-20-21-22-23-24-25-26-27-28-29-30-31-32-33-34-35-36-37-38-39-41-43-51(64)60-47(48(63)42-40-8-6-4-2)46-70-58-56(69)54(67)57(50(45-62)72-58)73-59-55(68)53(66)52(65)49(44-61)71-59/h15-16,47-50,52-59,61-63,65-69H,3-14,17-46H2,1-2H3,(H,60,64)/b16-15-. The van der Waals surface area contributed by atoms with E-state index >= 15 is 0 Å². The summed E-state index contributed by atoms with van der Waals surface area (Å²) >= 11 is 0. The predicted octanol–water partition coefficient (Wildman–Crippen LogP) is 10.3. The Morgan fingerprint density at radius 3 is 1.30 bits per heavy atom. The summed E-state index contributed by atoms with van der Waals surface area (Å²) in [4.78, 5) is 13.1. The first-order valence-corrected chi connectivity index (χ1v) is 30.4. The zero-order chi connectivity index (χ0) is 53.2. The summed E-state index contributed by atoms with van der Waals surface area (Å²) in [5.74, 6) is -0.211. The fraction of sp³-hybridized carbons (Fsp3) is 0.949. The SMILES string of the molecule is CCCCCCCCCC/C=C\CCCCCCCCCCCCCCCCCCCCCCCCCC(=O)NC(COC1OC(CO)C(OC2OC(CO)C(O)C(O)C2O)C(O)C1O)C(O)CCCCCC. The molecular weight excluding hydrogens is 931 g/mol. The van der Waals surface area contributed by atoms with Crippen LogP contribution in [0, 0.1) is 0 Å². The van der Waals surface area contributed by atoms with E-state index in [1.54, 1.807) is 0 Å². The number of hydrogen-bond acceptors (Lipinski definition) is 13. The van der Waals surface area contributed by atoms with E-state index in [9.17, 15) is 45.6 Å². The van der Waals surface area contributed by atoms with Crippen LogP contribution in [0.25, 0.3) is 0 Å². The van der Waals surface area contributed by atoms with Crippen LogP contribution in [0.4, 0.5) is 0 Å². The fourth-order valence-electron chi connectivity index (χ4n) is 10.3. The lowest BCUT2D eigenvalue weighted by atomic mass is 9.97. The van der Waals surface area contributed by atoms with Gasteiger partial charge >= 0.3 is 0 Å². The van der Waals surface area contributed by atoms with Crippen molar-refractivity contribution in [1.29, 1.82) is 0 Å². The van der Waals surface area contributed by atoms with E-state index < -0.39 is 86.8 Å². The molecule has 2 saturated heterocycles. The van der Waals surface area contributed by atoms with Crippen molar-refractivity contribution in [2.24, 2.45) is 0 Å². The normalized spacial score (nSPS) is 25.4. The Balaban J connectivity index is 1.47. The van der Waals surface area contributed by atoms with Crippen LogP contribution in [0.3, 0.4) is 0 Å². The Kier molecular flexibility index (Phi) is 42.5. The molecule has 0 bridgehead atoms. The first-order chi connectivity index (χ1) is 35.6. The van der Waals surface area contributed by atoms with Gasteiger partial charge in [-0.3, -0.25) is 4.79 Å². The third kappa shape index (κ3) is 31.7. The average molecular weight is 1040 g/mol. The average Bonchev–Trinajstić information content (AvgIpc) is 3.39. The molecule has 0 aromatic heterocycles. The second-order valence-electron chi connectivity index (χ2n) is 21.8. The molecule has 2 heterocycles. The number of hydrogen-bond donors (Lipinski definition) is 9. The molecule has 0 spiro atoms. The maximum Gasteiger partial charge on any atom is 0.220 e. The minimum absolute atomic E-state index is 0.211. The lowest BCUT2D eigenvalue weighted by Crippen LogP contribution is -2.65. The van der Waals surface area contributed by atoms with E-state index in [1.807, 2.05) is 0 Å². The Morgan fingerprint density at radius 2 is 0.863 bits per heavy atom. The quantitative estimate of drug-likeness (QED) is 0.0204. The number of carbonyl (C=O) groups excluding carboxylic acids is 1. The smallest absolute Gasteiger partial charge is 0.220 e. The molecule has 0 aromatic rings. The molecule has 0 aliphatic carbocycles. The summed E-state index contributed by atoms with van der Waals surface area (Å²) in [7, 11) is 0. The third-order valence-electron chi connectivity index (χ3n) is 15.2. The molecule has 432 valence electrons. The Bertz CT molecular complexity index is 1280. The monoisotopic (exact) mass is 1040 g/mol. The van der Waals surface area contributed by atoms with Crippen LogP contribution >= 0.6 is 0 Å². The molecule has 2 aliphatic rings. The zero-order valence-electron chi connectivity index (χ0n) is 46.4. The predicted molar refractivity (Wildman–Crippen MR) is 291 cm³/mol. The van der Waals surface area contributed by atoms with Crippen LogP contribution in [0.15, 0.2) is 12.2 Å². The lowest BCUT2D eigenvalue weighted by Gasteiger charge is -2.46. The molecule has 12 atom stereocenters. The van der Waals surface area contributed by atoms with E-state index in [1.165, 1.54) is 186 Å². The van der Waals surface area contributed by atoms with Crippen molar-refractivity contribution in [2.45, 2.75) is 338 Å². The zero-order valence-corrected chi connectivity index (χ0v) is 46.4. The lowest BCUT2D eigenvalue weighted by molar-refractivity contribution is -0.359. The van der Waals surface area contributed by atoms with E-state index in [4.69, 9.17) is 18.9 Å². The van der Waals surface area contributed by atoms with Gasteiger partial charge in [0, 0.05) is 6.42 Å². The summed E-state index contributed by atoms with van der Waals surface area (Å²) in [6.07, 6.45) is 36.4. The molecule has 2 aliphatic heterocycles. The highest BCUT2D eigenvalue weighted by Crippen LogP contribution is 2.30. The minimum atomic E-state index is -1.78. The van der Waals surface area contributed by atoms with Gasteiger partial charge in [0.15, 0.2) is 12.6 Å². The molecule has 0 radical (unpaired) electrons. The van der Waals surface area contributed by atoms with Gasteiger partial charge in [0.25, 0.3) is 0 Å². The Morgan fingerprint density at radius 1 is 0.479 bits per heavy atom. The van der Waals surface area contributed by atoms with Gasteiger partial charge in [-0.15, -0.1) is 0 Å². The van der Waals surface area contributed by atoms with Crippen molar-refractivity contribution in [3.8, 4) is 0 Å². The van der Waals surface area contributed by atoms with Crippen molar-refractivity contribution >= 4 is 5.91 Å². The number of carbonyl (C=O) groups is 1. The van der Waals surface area contributed by atoms with Crippen LogP contribution in [0.1, 0.15) is 264 Å². The van der Waals surface area contributed by atoms with Crippen LogP contribution in [-0.4, -0.2) is 140 Å². The van der Waals surface area contributed by atoms with Crippen LogP contribution < -0.4 is 5.32 Å². The van der Waals surface area contributed by atoms with Crippen molar-refractivity contribution in [1.82, 2.24) is 5.32 Å². The van der Waals surface area contributed by atoms with Crippen molar-refractivity contribution in [3.05, 3.63) is 12.2 Å². The van der Waals surface area contributed by atoms with Gasteiger partial charge in [0.05, 0.1) is 32.0 Å². The Hall–Kier alpha value is -1.27. The number of aliphatic hydroxyl groups excluding tert-OH is 8. The van der Waals surface area contributed by atoms with Gasteiger partial charge in [-0.25, -0.2) is 0 Å². The molecule has 73 heavy (non-hydrogen) atoms. The highest BCUT2D eigenvalue weighted by Gasteiger charge is 2.51. The minimum Gasteiger partial charge on any atom is -0.394 e. The number of aliphatic hydroxyl groups is 8. The fourth-order valence-corrected chi connectivity index (χ4v) is 10.3. The van der Waals surface area contributed by atoms with E-state index in [-0.39, 0.29) is 12.5 Å². The number of unbranched alkanes of at least 4 members (excludes halogenated alkanes) is 34. The second kappa shape index (κ2) is 45.7. The van der Waals surface area contributed by atoms with Gasteiger partial charge in [-0.2, -0.15) is 0 Å². The number of ether oxygens (including phenoxy) is 4. The molecule has 0 saturated carbocycles. The largest absolute Gasteiger partial charge is 0.394 e. The molecule has 14 nitrogen and oxygen atoms in total. The van der Waals surface area contributed by atoms with Gasteiger partial charge in [-0.05, 0) is 38.5 Å². The highest BCUT2D eigenvalue weighted by molar-refractivity contribution is 5.76. The number of rotatable bonds is 49. The van der Waals surface area contributed by atoms with Crippen LogP contribution in [0.2, 0.25) is 0 Å². The second-order valence-corrected chi connectivity index (χ2v) is 21.8.